The summed E-state index contributed by atoms with van der Waals surface area (Å²) in [6.07, 6.45) is 23.4. The Hall–Kier alpha value is -0.970. The van der Waals surface area contributed by atoms with Crippen LogP contribution >= 0.6 is 0 Å². The van der Waals surface area contributed by atoms with Crippen LogP contribution in [0.1, 0.15) is 103 Å². The molecule has 2 heteroatoms. The lowest BCUT2D eigenvalue weighted by molar-refractivity contribution is -0.138. The van der Waals surface area contributed by atoms with E-state index in [9.17, 15) is 4.79 Å². The maximum absolute atomic E-state index is 10.5. The standard InChI is InChI=1S/C20H36O2/c1-3-4-5-6-7-8-9-10-11-12-13-14-15-16-17-19(2)18-20(21)22/h1,19H,4-18H2,2H3,(H,21,22)/t19-/m0/s1. The molecule has 0 aliphatic carbocycles. The van der Waals surface area contributed by atoms with Gasteiger partial charge < -0.3 is 5.11 Å². The summed E-state index contributed by atoms with van der Waals surface area (Å²) in [4.78, 5) is 10.5. The van der Waals surface area contributed by atoms with Crippen molar-refractivity contribution in [2.75, 3.05) is 0 Å². The summed E-state index contributed by atoms with van der Waals surface area (Å²) in [5.74, 6) is 2.36. The van der Waals surface area contributed by atoms with E-state index in [2.05, 4.69) is 5.92 Å². The minimum Gasteiger partial charge on any atom is -0.481 e. The van der Waals surface area contributed by atoms with Gasteiger partial charge in [-0.3, -0.25) is 4.79 Å². The van der Waals surface area contributed by atoms with Crippen molar-refractivity contribution >= 4 is 5.97 Å². The second kappa shape index (κ2) is 16.4. The molecule has 0 rings (SSSR count). The highest BCUT2D eigenvalue weighted by Crippen LogP contribution is 2.16. The zero-order valence-corrected chi connectivity index (χ0v) is 14.6. The normalized spacial score (nSPS) is 12.0. The minimum atomic E-state index is -0.663. The SMILES string of the molecule is C#CCCCCCCCCCCCCCC[C@H](C)CC(=O)O. The zero-order valence-electron chi connectivity index (χ0n) is 14.6. The van der Waals surface area contributed by atoms with E-state index in [-0.39, 0.29) is 0 Å². The first-order valence-corrected chi connectivity index (χ1v) is 9.32. The number of carbonyl (C=O) groups is 1. The largest absolute Gasteiger partial charge is 0.481 e. The number of aliphatic carboxylic acids is 1. The zero-order chi connectivity index (χ0) is 16.5. The first-order chi connectivity index (χ1) is 10.7. The van der Waals surface area contributed by atoms with Crippen molar-refractivity contribution < 1.29 is 9.90 Å². The lowest BCUT2D eigenvalue weighted by Crippen LogP contribution is -2.03. The lowest BCUT2D eigenvalue weighted by atomic mass is 9.99. The molecule has 22 heavy (non-hydrogen) atoms. The van der Waals surface area contributed by atoms with E-state index in [4.69, 9.17) is 11.5 Å². The van der Waals surface area contributed by atoms with Crippen LogP contribution in [0.25, 0.3) is 0 Å². The molecule has 0 fully saturated rings. The lowest BCUT2D eigenvalue weighted by Gasteiger charge is -2.07. The van der Waals surface area contributed by atoms with E-state index >= 15 is 0 Å². The number of hydrogen-bond acceptors (Lipinski definition) is 1. The molecule has 0 spiro atoms. The Balaban J connectivity index is 3.08. The van der Waals surface area contributed by atoms with Crippen LogP contribution < -0.4 is 0 Å². The number of carboxylic acid groups (broad SMARTS) is 1. The molecule has 0 aliphatic heterocycles. The van der Waals surface area contributed by atoms with E-state index in [1.807, 2.05) is 6.92 Å². The van der Waals surface area contributed by atoms with Crippen molar-refractivity contribution in [1.82, 2.24) is 0 Å². The average Bonchev–Trinajstić information content (AvgIpc) is 2.47. The van der Waals surface area contributed by atoms with E-state index < -0.39 is 5.97 Å². The van der Waals surface area contributed by atoms with E-state index in [0.717, 1.165) is 12.8 Å². The highest BCUT2D eigenvalue weighted by Gasteiger charge is 2.06. The van der Waals surface area contributed by atoms with Crippen LogP contribution in [0.4, 0.5) is 0 Å². The van der Waals surface area contributed by atoms with Gasteiger partial charge in [0.15, 0.2) is 0 Å². The highest BCUT2D eigenvalue weighted by atomic mass is 16.4. The van der Waals surface area contributed by atoms with Crippen LogP contribution in [0.15, 0.2) is 0 Å². The maximum atomic E-state index is 10.5. The second-order valence-electron chi connectivity index (χ2n) is 6.69. The summed E-state index contributed by atoms with van der Waals surface area (Å²) in [7, 11) is 0. The van der Waals surface area contributed by atoms with Gasteiger partial charge in [-0.25, -0.2) is 0 Å². The molecule has 0 saturated carbocycles. The molecule has 128 valence electrons. The van der Waals surface area contributed by atoms with Crippen LogP contribution in [-0.2, 0) is 4.79 Å². The quantitative estimate of drug-likeness (QED) is 0.272. The molecule has 0 radical (unpaired) electrons. The number of unbranched alkanes of at least 4 members (excludes halogenated alkanes) is 12. The fourth-order valence-corrected chi connectivity index (χ4v) is 2.89. The molecular formula is C20H36O2. The first-order valence-electron chi connectivity index (χ1n) is 9.32. The van der Waals surface area contributed by atoms with Gasteiger partial charge in [-0.05, 0) is 12.3 Å². The Kier molecular flexibility index (Phi) is 15.7. The Morgan fingerprint density at radius 3 is 1.68 bits per heavy atom. The van der Waals surface area contributed by atoms with Gasteiger partial charge in [-0.1, -0.05) is 84.0 Å². The van der Waals surface area contributed by atoms with Gasteiger partial charge in [0.05, 0.1) is 0 Å². The molecule has 0 heterocycles. The molecular weight excluding hydrogens is 272 g/mol. The molecule has 0 aromatic heterocycles. The second-order valence-corrected chi connectivity index (χ2v) is 6.69. The summed E-state index contributed by atoms with van der Waals surface area (Å²) < 4.78 is 0. The van der Waals surface area contributed by atoms with Crippen LogP contribution in [-0.4, -0.2) is 11.1 Å². The van der Waals surface area contributed by atoms with Crippen LogP contribution in [0, 0.1) is 18.3 Å². The van der Waals surface area contributed by atoms with Crippen LogP contribution in [0.5, 0.6) is 0 Å². The van der Waals surface area contributed by atoms with Crippen molar-refractivity contribution in [3.63, 3.8) is 0 Å². The van der Waals surface area contributed by atoms with E-state index in [0.29, 0.717) is 12.3 Å². The average molecular weight is 309 g/mol. The molecule has 1 atom stereocenters. The third-order valence-corrected chi connectivity index (χ3v) is 4.29. The van der Waals surface area contributed by atoms with Gasteiger partial charge in [-0.15, -0.1) is 12.3 Å². The predicted molar refractivity (Wildman–Crippen MR) is 94.9 cm³/mol. The molecule has 2 nitrogen and oxygen atoms in total. The minimum absolute atomic E-state index is 0.322. The Labute approximate surface area is 138 Å². The number of rotatable bonds is 16. The first kappa shape index (κ1) is 21.0. The topological polar surface area (TPSA) is 37.3 Å². The number of terminal acetylenes is 1. The summed E-state index contributed by atoms with van der Waals surface area (Å²) >= 11 is 0. The van der Waals surface area contributed by atoms with Gasteiger partial charge in [0.1, 0.15) is 0 Å². The Bertz CT molecular complexity index is 291. The highest BCUT2D eigenvalue weighted by molar-refractivity contribution is 5.66. The third-order valence-electron chi connectivity index (χ3n) is 4.29. The maximum Gasteiger partial charge on any atom is 0.303 e. The van der Waals surface area contributed by atoms with Crippen molar-refractivity contribution in [2.24, 2.45) is 5.92 Å². The Morgan fingerprint density at radius 2 is 1.27 bits per heavy atom. The smallest absolute Gasteiger partial charge is 0.303 e. The van der Waals surface area contributed by atoms with Gasteiger partial charge in [0.2, 0.25) is 0 Å². The van der Waals surface area contributed by atoms with Gasteiger partial charge in [0, 0.05) is 12.8 Å². The van der Waals surface area contributed by atoms with Crippen molar-refractivity contribution in [3.05, 3.63) is 0 Å². The molecule has 0 amide bonds. The monoisotopic (exact) mass is 308 g/mol. The predicted octanol–water partition coefficient (Wildman–Crippen LogP) is 6.19. The molecule has 0 aromatic carbocycles. The summed E-state index contributed by atoms with van der Waals surface area (Å²) in [6.45, 7) is 2.04. The van der Waals surface area contributed by atoms with Crippen molar-refractivity contribution in [1.29, 1.82) is 0 Å². The summed E-state index contributed by atoms with van der Waals surface area (Å²) in [6, 6.07) is 0. The van der Waals surface area contributed by atoms with E-state index in [1.54, 1.807) is 0 Å². The third kappa shape index (κ3) is 17.1. The number of hydrogen-bond donors (Lipinski definition) is 1. The van der Waals surface area contributed by atoms with Gasteiger partial charge in [0.25, 0.3) is 0 Å². The molecule has 1 N–H and O–H groups in total. The molecule has 0 aromatic rings. The van der Waals surface area contributed by atoms with Crippen molar-refractivity contribution in [3.8, 4) is 12.3 Å². The summed E-state index contributed by atoms with van der Waals surface area (Å²) in [5.41, 5.74) is 0. The molecule has 0 bridgehead atoms. The van der Waals surface area contributed by atoms with Gasteiger partial charge in [-0.2, -0.15) is 0 Å². The Morgan fingerprint density at radius 1 is 0.864 bits per heavy atom. The fourth-order valence-electron chi connectivity index (χ4n) is 2.89. The van der Waals surface area contributed by atoms with Gasteiger partial charge >= 0.3 is 5.97 Å². The summed E-state index contributed by atoms with van der Waals surface area (Å²) in [5, 5.41) is 8.69. The van der Waals surface area contributed by atoms with Crippen LogP contribution in [0.3, 0.4) is 0 Å². The number of carboxylic acids is 1. The van der Waals surface area contributed by atoms with Crippen LogP contribution in [0.2, 0.25) is 0 Å². The molecule has 0 aliphatic rings. The molecule has 0 saturated heterocycles. The fraction of sp³-hybridized carbons (Fsp3) is 0.850. The molecule has 0 unspecified atom stereocenters. The van der Waals surface area contributed by atoms with E-state index in [1.165, 1.54) is 77.0 Å². The van der Waals surface area contributed by atoms with Crippen molar-refractivity contribution in [2.45, 2.75) is 103 Å².